The van der Waals surface area contributed by atoms with Gasteiger partial charge in [-0.2, -0.15) is 0 Å². The molecule has 1 atom stereocenters. The maximum absolute atomic E-state index is 13.7. The molecule has 1 aliphatic heterocycles. The Morgan fingerprint density at radius 2 is 2.05 bits per heavy atom. The molecule has 116 valence electrons. The summed E-state index contributed by atoms with van der Waals surface area (Å²) in [7, 11) is 0. The van der Waals surface area contributed by atoms with Crippen molar-refractivity contribution in [3.8, 4) is 0 Å². The summed E-state index contributed by atoms with van der Waals surface area (Å²) in [5, 5.41) is 5.92. The zero-order chi connectivity index (χ0) is 15.2. The minimum atomic E-state index is -0.691. The van der Waals surface area contributed by atoms with Crippen LogP contribution in [0.1, 0.15) is 24.9 Å². The van der Waals surface area contributed by atoms with Crippen molar-refractivity contribution in [1.82, 2.24) is 15.5 Å². The molecule has 0 saturated carbocycles. The molecule has 0 spiro atoms. The number of rotatable bonds is 4. The number of amides is 1. The third-order valence-corrected chi connectivity index (χ3v) is 3.61. The van der Waals surface area contributed by atoms with Gasteiger partial charge in [0.05, 0.1) is 12.6 Å². The largest absolute Gasteiger partial charge is 0.348 e. The molecule has 1 aromatic rings. The van der Waals surface area contributed by atoms with E-state index in [2.05, 4.69) is 10.6 Å². The molecule has 2 rings (SSSR count). The second-order valence-corrected chi connectivity index (χ2v) is 5.30. The van der Waals surface area contributed by atoms with Crippen molar-refractivity contribution in [2.24, 2.45) is 0 Å². The van der Waals surface area contributed by atoms with Gasteiger partial charge in [0.2, 0.25) is 5.91 Å². The van der Waals surface area contributed by atoms with Gasteiger partial charge in [-0.25, -0.2) is 8.78 Å². The predicted molar refractivity (Wildman–Crippen MR) is 76.8 cm³/mol. The Hall–Kier alpha value is -1.53. The van der Waals surface area contributed by atoms with E-state index in [0.29, 0.717) is 0 Å². The van der Waals surface area contributed by atoms with Gasteiger partial charge in [-0.1, -0.05) is 6.07 Å². The first kappa shape index (κ1) is 15.9. The average Bonchev–Trinajstić information content (AvgIpc) is 2.66. The topological polar surface area (TPSA) is 44.4 Å². The van der Waals surface area contributed by atoms with Crippen LogP contribution in [0.3, 0.4) is 0 Å². The fourth-order valence-electron chi connectivity index (χ4n) is 2.55. The lowest BCUT2D eigenvalue weighted by molar-refractivity contribution is -0.122. The van der Waals surface area contributed by atoms with Crippen molar-refractivity contribution in [2.75, 3.05) is 32.7 Å². The molecule has 2 N–H and O–H groups in total. The standard InChI is InChI=1S/C15H21F2N3O/c1-11(15-12(16)4-2-5-13(15)17)19-14(21)10-20-8-3-6-18-7-9-20/h2,4-5,11,18H,3,6-10H2,1H3,(H,19,21). The Morgan fingerprint density at radius 3 is 2.76 bits per heavy atom. The van der Waals surface area contributed by atoms with Crippen molar-refractivity contribution in [3.63, 3.8) is 0 Å². The molecule has 1 fully saturated rings. The smallest absolute Gasteiger partial charge is 0.234 e. The Bertz CT molecular complexity index is 468. The number of carbonyl (C=O) groups is 1. The molecule has 1 aliphatic rings. The minimum Gasteiger partial charge on any atom is -0.348 e. The first-order valence-corrected chi connectivity index (χ1v) is 7.24. The van der Waals surface area contributed by atoms with Crippen LogP contribution in [-0.4, -0.2) is 43.5 Å². The molecule has 0 bridgehead atoms. The third kappa shape index (κ3) is 4.47. The molecule has 1 amide bonds. The third-order valence-electron chi connectivity index (χ3n) is 3.61. The molecule has 1 unspecified atom stereocenters. The van der Waals surface area contributed by atoms with Crippen LogP contribution in [0.25, 0.3) is 0 Å². The summed E-state index contributed by atoms with van der Waals surface area (Å²) in [5.41, 5.74) is -0.0941. The quantitative estimate of drug-likeness (QED) is 0.884. The van der Waals surface area contributed by atoms with Gasteiger partial charge < -0.3 is 10.6 Å². The van der Waals surface area contributed by atoms with Crippen LogP contribution in [0.2, 0.25) is 0 Å². The normalized spacial score (nSPS) is 18.0. The molecular weight excluding hydrogens is 276 g/mol. The molecular formula is C15H21F2N3O. The minimum absolute atomic E-state index is 0.0941. The number of benzene rings is 1. The number of halogens is 2. The van der Waals surface area contributed by atoms with E-state index in [1.54, 1.807) is 6.92 Å². The second-order valence-electron chi connectivity index (χ2n) is 5.30. The van der Waals surface area contributed by atoms with Crippen LogP contribution in [0, 0.1) is 11.6 Å². The Balaban J connectivity index is 1.92. The summed E-state index contributed by atoms with van der Waals surface area (Å²) in [6.45, 7) is 5.30. The number of nitrogens with one attached hydrogen (secondary N) is 2. The Kier molecular flexibility index (Phi) is 5.64. The van der Waals surface area contributed by atoms with Gasteiger partial charge in [-0.3, -0.25) is 9.69 Å². The first-order valence-electron chi connectivity index (χ1n) is 7.24. The lowest BCUT2D eigenvalue weighted by Crippen LogP contribution is -2.40. The van der Waals surface area contributed by atoms with Crippen molar-refractivity contribution < 1.29 is 13.6 Å². The van der Waals surface area contributed by atoms with E-state index in [0.717, 1.165) is 32.6 Å². The van der Waals surface area contributed by atoms with Gasteiger partial charge in [0.25, 0.3) is 0 Å². The molecule has 21 heavy (non-hydrogen) atoms. The van der Waals surface area contributed by atoms with E-state index in [4.69, 9.17) is 0 Å². The lowest BCUT2D eigenvalue weighted by atomic mass is 10.1. The van der Waals surface area contributed by atoms with Gasteiger partial charge in [0.1, 0.15) is 11.6 Å². The van der Waals surface area contributed by atoms with E-state index >= 15 is 0 Å². The highest BCUT2D eigenvalue weighted by Gasteiger charge is 2.19. The highest BCUT2D eigenvalue weighted by molar-refractivity contribution is 5.78. The van der Waals surface area contributed by atoms with Crippen molar-refractivity contribution in [2.45, 2.75) is 19.4 Å². The summed E-state index contributed by atoms with van der Waals surface area (Å²) in [4.78, 5) is 14.1. The van der Waals surface area contributed by atoms with Gasteiger partial charge >= 0.3 is 0 Å². The van der Waals surface area contributed by atoms with Crippen molar-refractivity contribution >= 4 is 5.91 Å². The zero-order valence-corrected chi connectivity index (χ0v) is 12.2. The number of carbonyl (C=O) groups excluding carboxylic acids is 1. The van der Waals surface area contributed by atoms with Gasteiger partial charge in [0.15, 0.2) is 0 Å². The fourth-order valence-corrected chi connectivity index (χ4v) is 2.55. The second kappa shape index (κ2) is 7.47. The summed E-state index contributed by atoms with van der Waals surface area (Å²) in [5.74, 6) is -1.49. The Labute approximate surface area is 123 Å². The number of nitrogens with zero attached hydrogens (tertiary/aromatic N) is 1. The molecule has 1 saturated heterocycles. The monoisotopic (exact) mass is 297 g/mol. The maximum Gasteiger partial charge on any atom is 0.234 e. The van der Waals surface area contributed by atoms with Gasteiger partial charge in [-0.05, 0) is 38.6 Å². The summed E-state index contributed by atoms with van der Waals surface area (Å²) in [6, 6.07) is 3.01. The Morgan fingerprint density at radius 1 is 1.33 bits per heavy atom. The SMILES string of the molecule is CC(NC(=O)CN1CCCNCC1)c1c(F)cccc1F. The van der Waals surface area contributed by atoms with Gasteiger partial charge in [-0.15, -0.1) is 0 Å². The predicted octanol–water partition coefficient (Wildman–Crippen LogP) is 1.44. The van der Waals surface area contributed by atoms with Crippen molar-refractivity contribution in [1.29, 1.82) is 0 Å². The van der Waals surface area contributed by atoms with E-state index in [9.17, 15) is 13.6 Å². The molecule has 4 nitrogen and oxygen atoms in total. The first-order chi connectivity index (χ1) is 10.1. The van der Waals surface area contributed by atoms with Crippen LogP contribution in [-0.2, 0) is 4.79 Å². The summed E-state index contributed by atoms with van der Waals surface area (Å²) >= 11 is 0. The number of hydrogen-bond donors (Lipinski definition) is 2. The van der Waals surface area contributed by atoms with Crippen molar-refractivity contribution in [3.05, 3.63) is 35.4 Å². The molecule has 0 aliphatic carbocycles. The molecule has 0 aromatic heterocycles. The van der Waals surface area contributed by atoms with Gasteiger partial charge in [0, 0.05) is 18.7 Å². The highest BCUT2D eigenvalue weighted by Crippen LogP contribution is 2.20. The maximum atomic E-state index is 13.7. The van der Waals surface area contributed by atoms with Crippen LogP contribution in [0.5, 0.6) is 0 Å². The van der Waals surface area contributed by atoms with E-state index < -0.39 is 17.7 Å². The van der Waals surface area contributed by atoms with Crippen LogP contribution in [0.15, 0.2) is 18.2 Å². The van der Waals surface area contributed by atoms with E-state index in [1.165, 1.54) is 18.2 Å². The summed E-state index contributed by atoms with van der Waals surface area (Å²) < 4.78 is 27.3. The molecule has 1 aromatic carbocycles. The lowest BCUT2D eigenvalue weighted by Gasteiger charge is -2.21. The van der Waals surface area contributed by atoms with E-state index in [-0.39, 0.29) is 18.0 Å². The highest BCUT2D eigenvalue weighted by atomic mass is 19.1. The van der Waals surface area contributed by atoms with Crippen LogP contribution in [0.4, 0.5) is 8.78 Å². The fraction of sp³-hybridized carbons (Fsp3) is 0.533. The summed E-state index contributed by atoms with van der Waals surface area (Å²) in [6.07, 6.45) is 0.991. The van der Waals surface area contributed by atoms with Crippen LogP contribution >= 0.6 is 0 Å². The van der Waals surface area contributed by atoms with E-state index in [1.807, 2.05) is 4.90 Å². The average molecular weight is 297 g/mol. The zero-order valence-electron chi connectivity index (χ0n) is 12.2. The molecule has 0 radical (unpaired) electrons. The molecule has 1 heterocycles. The van der Waals surface area contributed by atoms with Crippen LogP contribution < -0.4 is 10.6 Å². The number of hydrogen-bond acceptors (Lipinski definition) is 3. The molecule has 6 heteroatoms.